The number of alkyl halides is 3. The fourth-order valence-corrected chi connectivity index (χ4v) is 4.98. The molecule has 0 aliphatic rings. The van der Waals surface area contributed by atoms with E-state index in [2.05, 4.69) is 20.5 Å². The molecule has 40 heavy (non-hydrogen) atoms. The van der Waals surface area contributed by atoms with Crippen LogP contribution in [-0.4, -0.2) is 25.7 Å². The third-order valence-corrected chi connectivity index (χ3v) is 7.12. The fraction of sp³-hybridized carbons (Fsp3) is 0.133. The number of nitrogens with zero attached hydrogens (tertiary/aromatic N) is 4. The largest absolute Gasteiger partial charge is 0.416 e. The molecule has 2 aromatic heterocycles. The van der Waals surface area contributed by atoms with Crippen molar-refractivity contribution in [2.75, 3.05) is 0 Å². The van der Waals surface area contributed by atoms with Gasteiger partial charge in [-0.1, -0.05) is 60.3 Å². The number of carbonyl (C=O) groups excluding carboxylic acids is 1. The van der Waals surface area contributed by atoms with E-state index < -0.39 is 11.7 Å². The number of halogens is 3. The maximum absolute atomic E-state index is 13.5. The first kappa shape index (κ1) is 27.1. The summed E-state index contributed by atoms with van der Waals surface area (Å²) in [6.45, 7) is 0.398. The zero-order valence-electron chi connectivity index (χ0n) is 21.2. The molecule has 0 aliphatic carbocycles. The van der Waals surface area contributed by atoms with Crippen LogP contribution in [0.1, 0.15) is 38.4 Å². The number of aromatic nitrogens is 4. The molecule has 0 bridgehead atoms. The minimum Gasteiger partial charge on any atom is -0.348 e. The highest BCUT2D eigenvalue weighted by atomic mass is 32.2. The van der Waals surface area contributed by atoms with Crippen molar-refractivity contribution in [3.8, 4) is 5.69 Å². The molecule has 3 aromatic carbocycles. The van der Waals surface area contributed by atoms with Crippen LogP contribution >= 0.6 is 11.8 Å². The topological polar surface area (TPSA) is 72.7 Å². The highest BCUT2D eigenvalue weighted by Crippen LogP contribution is 2.32. The zero-order valence-corrected chi connectivity index (χ0v) is 22.0. The molecule has 1 amide bonds. The van der Waals surface area contributed by atoms with Gasteiger partial charge in [0.05, 0.1) is 11.3 Å². The Morgan fingerprint density at radius 1 is 0.825 bits per heavy atom. The van der Waals surface area contributed by atoms with Gasteiger partial charge in [0.1, 0.15) is 5.82 Å². The standard InChI is InChI=1S/C30H24F3N5OS/c31-30(32,33)25-7-4-8-26(18-25)38-27(17-21-5-2-1-3-6-21)36-37-29(38)40-20-23-9-11-24(12-10-23)28(39)35-19-22-13-15-34-16-14-22/h1-16,18H,17,19-20H2,(H,35,39). The molecule has 6 nitrogen and oxygen atoms in total. The van der Waals surface area contributed by atoms with Crippen LogP contribution in [0.15, 0.2) is 109 Å². The van der Waals surface area contributed by atoms with Crippen LogP contribution in [-0.2, 0) is 24.9 Å². The molecule has 0 saturated carbocycles. The molecule has 202 valence electrons. The van der Waals surface area contributed by atoms with E-state index in [9.17, 15) is 18.0 Å². The van der Waals surface area contributed by atoms with Gasteiger partial charge in [-0.05, 0) is 59.2 Å². The van der Waals surface area contributed by atoms with Gasteiger partial charge >= 0.3 is 6.18 Å². The lowest BCUT2D eigenvalue weighted by Crippen LogP contribution is -2.22. The second-order valence-electron chi connectivity index (χ2n) is 8.97. The summed E-state index contributed by atoms with van der Waals surface area (Å²) < 4.78 is 42.1. The Balaban J connectivity index is 1.33. The number of hydrogen-bond acceptors (Lipinski definition) is 5. The Morgan fingerprint density at radius 2 is 1.57 bits per heavy atom. The molecule has 0 unspecified atom stereocenters. The van der Waals surface area contributed by atoms with E-state index in [4.69, 9.17) is 0 Å². The minimum absolute atomic E-state index is 0.189. The lowest BCUT2D eigenvalue weighted by molar-refractivity contribution is -0.137. The minimum atomic E-state index is -4.47. The van der Waals surface area contributed by atoms with E-state index in [-0.39, 0.29) is 5.91 Å². The maximum Gasteiger partial charge on any atom is 0.416 e. The summed E-state index contributed by atoms with van der Waals surface area (Å²) in [5, 5.41) is 12.0. The summed E-state index contributed by atoms with van der Waals surface area (Å²) in [5.74, 6) is 0.835. The Kier molecular flexibility index (Phi) is 8.26. The first-order valence-electron chi connectivity index (χ1n) is 12.4. The Labute approximate surface area is 233 Å². The van der Waals surface area contributed by atoms with Gasteiger partial charge in [-0.2, -0.15) is 13.2 Å². The predicted octanol–water partition coefficient (Wildman–Crippen LogP) is 6.49. The van der Waals surface area contributed by atoms with E-state index in [1.165, 1.54) is 17.8 Å². The molecule has 0 atom stereocenters. The van der Waals surface area contributed by atoms with Crippen molar-refractivity contribution in [1.29, 1.82) is 0 Å². The molecule has 5 aromatic rings. The monoisotopic (exact) mass is 559 g/mol. The Bertz CT molecular complexity index is 1570. The molecule has 10 heteroatoms. The van der Waals surface area contributed by atoms with Gasteiger partial charge in [-0.15, -0.1) is 10.2 Å². The third kappa shape index (κ3) is 6.76. The van der Waals surface area contributed by atoms with E-state index in [0.717, 1.165) is 28.8 Å². The number of thioether (sulfide) groups is 1. The van der Waals surface area contributed by atoms with Gasteiger partial charge in [0.2, 0.25) is 0 Å². The van der Waals surface area contributed by atoms with E-state index in [1.54, 1.807) is 35.2 Å². The summed E-state index contributed by atoms with van der Waals surface area (Å²) in [5.41, 5.74) is 2.98. The Morgan fingerprint density at radius 3 is 2.30 bits per heavy atom. The smallest absolute Gasteiger partial charge is 0.348 e. The Hall–Kier alpha value is -4.44. The summed E-state index contributed by atoms with van der Waals surface area (Å²) in [6, 6.07) is 25.6. The first-order valence-corrected chi connectivity index (χ1v) is 13.4. The van der Waals surface area contributed by atoms with Gasteiger partial charge < -0.3 is 5.32 Å². The summed E-state index contributed by atoms with van der Waals surface area (Å²) in [6.07, 6.45) is -0.712. The third-order valence-electron chi connectivity index (χ3n) is 6.12. The van der Waals surface area contributed by atoms with Crippen molar-refractivity contribution in [3.63, 3.8) is 0 Å². The van der Waals surface area contributed by atoms with Gasteiger partial charge in [-0.25, -0.2) is 0 Å². The van der Waals surface area contributed by atoms with E-state index >= 15 is 0 Å². The fourth-order valence-electron chi connectivity index (χ4n) is 4.05. The van der Waals surface area contributed by atoms with E-state index in [1.807, 2.05) is 54.6 Å². The molecule has 0 fully saturated rings. The number of rotatable bonds is 9. The average molecular weight is 560 g/mol. The summed E-state index contributed by atoms with van der Waals surface area (Å²) >= 11 is 1.36. The number of nitrogens with one attached hydrogen (secondary N) is 1. The molecule has 0 saturated heterocycles. The molecule has 1 N–H and O–H groups in total. The highest BCUT2D eigenvalue weighted by molar-refractivity contribution is 7.98. The van der Waals surface area contributed by atoms with Crippen molar-refractivity contribution in [3.05, 3.63) is 137 Å². The van der Waals surface area contributed by atoms with Gasteiger partial charge in [-0.3, -0.25) is 14.3 Å². The van der Waals surface area contributed by atoms with Crippen LogP contribution in [0.2, 0.25) is 0 Å². The molecular weight excluding hydrogens is 535 g/mol. The molecule has 5 rings (SSSR count). The number of benzene rings is 3. The van der Waals surface area contributed by atoms with Crippen molar-refractivity contribution in [2.24, 2.45) is 0 Å². The lowest BCUT2D eigenvalue weighted by atomic mass is 10.1. The van der Waals surface area contributed by atoms with Gasteiger partial charge in [0.15, 0.2) is 5.16 Å². The zero-order chi connectivity index (χ0) is 28.0. The predicted molar refractivity (Wildman–Crippen MR) is 147 cm³/mol. The van der Waals surface area contributed by atoms with Crippen molar-refractivity contribution in [1.82, 2.24) is 25.1 Å². The maximum atomic E-state index is 13.5. The number of pyridine rings is 1. The molecular formula is C30H24F3N5OS. The van der Waals surface area contributed by atoms with Crippen LogP contribution in [0.5, 0.6) is 0 Å². The van der Waals surface area contributed by atoms with Crippen LogP contribution in [0, 0.1) is 0 Å². The SMILES string of the molecule is O=C(NCc1ccncc1)c1ccc(CSc2nnc(Cc3ccccc3)n2-c2cccc(C(F)(F)F)c2)cc1. The van der Waals surface area contributed by atoms with Gasteiger partial charge in [0, 0.05) is 36.7 Å². The molecule has 0 radical (unpaired) electrons. The first-order chi connectivity index (χ1) is 19.4. The second-order valence-corrected chi connectivity index (χ2v) is 9.91. The summed E-state index contributed by atoms with van der Waals surface area (Å²) in [7, 11) is 0. The normalized spacial score (nSPS) is 11.4. The van der Waals surface area contributed by atoms with Crippen molar-refractivity contribution in [2.45, 2.75) is 30.1 Å². The van der Waals surface area contributed by atoms with Crippen molar-refractivity contribution >= 4 is 17.7 Å². The molecule has 0 aliphatic heterocycles. The van der Waals surface area contributed by atoms with Crippen molar-refractivity contribution < 1.29 is 18.0 Å². The van der Waals surface area contributed by atoms with Crippen LogP contribution < -0.4 is 5.32 Å². The van der Waals surface area contributed by atoms with E-state index in [0.29, 0.717) is 41.0 Å². The van der Waals surface area contributed by atoms with Crippen LogP contribution in [0.25, 0.3) is 5.69 Å². The molecule has 2 heterocycles. The second kappa shape index (κ2) is 12.2. The number of carbonyl (C=O) groups is 1. The quantitative estimate of drug-likeness (QED) is 0.209. The lowest BCUT2D eigenvalue weighted by Gasteiger charge is -2.13. The van der Waals surface area contributed by atoms with Crippen LogP contribution in [0.4, 0.5) is 13.2 Å². The number of amides is 1. The molecule has 0 spiro atoms. The summed E-state index contributed by atoms with van der Waals surface area (Å²) in [4.78, 5) is 16.5. The van der Waals surface area contributed by atoms with Gasteiger partial charge in [0.25, 0.3) is 5.91 Å². The number of hydrogen-bond donors (Lipinski definition) is 1. The highest BCUT2D eigenvalue weighted by Gasteiger charge is 2.31. The average Bonchev–Trinajstić information content (AvgIpc) is 3.38. The van der Waals surface area contributed by atoms with Crippen LogP contribution in [0.3, 0.4) is 0 Å².